The molecule has 0 fully saturated rings. The highest BCUT2D eigenvalue weighted by Gasteiger charge is 2.26. The van der Waals surface area contributed by atoms with Gasteiger partial charge in [0.05, 0.1) is 6.61 Å². The first-order chi connectivity index (χ1) is 8.86. The van der Waals surface area contributed by atoms with Gasteiger partial charge in [0.25, 0.3) is 0 Å². The fourth-order valence-electron chi connectivity index (χ4n) is 1.44. The van der Waals surface area contributed by atoms with Crippen molar-refractivity contribution in [1.82, 2.24) is 4.72 Å². The van der Waals surface area contributed by atoms with Crippen LogP contribution in [0.4, 0.5) is 0 Å². The highest BCUT2D eigenvalue weighted by Crippen LogP contribution is 2.07. The highest BCUT2D eigenvalue weighted by molar-refractivity contribution is 7.90. The molecule has 106 valence electrons. The second-order valence-electron chi connectivity index (χ2n) is 4.10. The first-order valence-corrected chi connectivity index (χ1v) is 7.19. The minimum atomic E-state index is -3.86. The van der Waals surface area contributed by atoms with Gasteiger partial charge in [-0.05, 0) is 18.1 Å². The van der Waals surface area contributed by atoms with Crippen molar-refractivity contribution in [3.8, 4) is 0 Å². The molecular formula is C12H17NO5S. The molecule has 0 aliphatic carbocycles. The number of benzene rings is 1. The zero-order valence-electron chi connectivity index (χ0n) is 10.8. The summed E-state index contributed by atoms with van der Waals surface area (Å²) in [5.74, 6) is -1.37. The second-order valence-corrected chi connectivity index (χ2v) is 6.19. The number of hydrogen-bond donors (Lipinski definition) is 2. The molecule has 0 aromatic heterocycles. The SMILES string of the molecule is COCc1cccc(CNS(=O)(=O)C(C)C(=O)O)c1. The summed E-state index contributed by atoms with van der Waals surface area (Å²) in [6.45, 7) is 1.62. The Labute approximate surface area is 112 Å². The predicted octanol–water partition coefficient (Wildman–Crippen LogP) is 0.725. The van der Waals surface area contributed by atoms with Crippen molar-refractivity contribution in [2.45, 2.75) is 25.3 Å². The van der Waals surface area contributed by atoms with E-state index in [-0.39, 0.29) is 6.54 Å². The van der Waals surface area contributed by atoms with Gasteiger partial charge in [0.1, 0.15) is 0 Å². The molecule has 1 aromatic carbocycles. The van der Waals surface area contributed by atoms with Crippen LogP contribution in [0.1, 0.15) is 18.1 Å². The molecule has 0 aliphatic rings. The van der Waals surface area contributed by atoms with E-state index in [1.807, 2.05) is 6.07 Å². The van der Waals surface area contributed by atoms with Gasteiger partial charge >= 0.3 is 5.97 Å². The van der Waals surface area contributed by atoms with E-state index in [1.54, 1.807) is 25.3 Å². The Bertz CT molecular complexity index is 541. The lowest BCUT2D eigenvalue weighted by molar-refractivity contribution is -0.136. The molecule has 1 unspecified atom stereocenters. The van der Waals surface area contributed by atoms with Crippen LogP contribution < -0.4 is 4.72 Å². The molecule has 6 nitrogen and oxygen atoms in total. The largest absolute Gasteiger partial charge is 0.480 e. The standard InChI is InChI=1S/C12H17NO5S/c1-9(12(14)15)19(16,17)13-7-10-4-3-5-11(6-10)8-18-2/h3-6,9,13H,7-8H2,1-2H3,(H,14,15). The number of sulfonamides is 1. The average Bonchev–Trinajstić information content (AvgIpc) is 2.36. The molecule has 0 radical (unpaired) electrons. The molecule has 0 saturated heterocycles. The summed E-state index contributed by atoms with van der Waals surface area (Å²) in [5, 5.41) is 7.22. The maximum atomic E-state index is 11.6. The number of rotatable bonds is 7. The third kappa shape index (κ3) is 4.62. The first kappa shape index (κ1) is 15.6. The maximum Gasteiger partial charge on any atom is 0.323 e. The zero-order valence-corrected chi connectivity index (χ0v) is 11.6. The van der Waals surface area contributed by atoms with E-state index < -0.39 is 21.2 Å². The molecule has 1 rings (SSSR count). The lowest BCUT2D eigenvalue weighted by Crippen LogP contribution is -2.37. The quantitative estimate of drug-likeness (QED) is 0.771. The molecule has 19 heavy (non-hydrogen) atoms. The number of methoxy groups -OCH3 is 1. The van der Waals surface area contributed by atoms with Crippen LogP contribution in [-0.2, 0) is 32.7 Å². The lowest BCUT2D eigenvalue weighted by Gasteiger charge is -2.10. The molecule has 7 heteroatoms. The molecule has 0 amide bonds. The van der Waals surface area contributed by atoms with Crippen LogP contribution in [0.15, 0.2) is 24.3 Å². The molecule has 2 N–H and O–H groups in total. The molecule has 0 saturated carbocycles. The monoisotopic (exact) mass is 287 g/mol. The summed E-state index contributed by atoms with van der Waals surface area (Å²) in [5.41, 5.74) is 1.67. The average molecular weight is 287 g/mol. The zero-order chi connectivity index (χ0) is 14.5. The lowest BCUT2D eigenvalue weighted by atomic mass is 10.1. The van der Waals surface area contributed by atoms with Crippen LogP contribution in [-0.4, -0.2) is 31.9 Å². The normalized spacial score (nSPS) is 13.2. The predicted molar refractivity (Wildman–Crippen MR) is 70.0 cm³/mol. The Kier molecular flexibility index (Phi) is 5.46. The van der Waals surface area contributed by atoms with E-state index in [0.29, 0.717) is 6.61 Å². The van der Waals surface area contributed by atoms with Gasteiger partial charge < -0.3 is 9.84 Å². The van der Waals surface area contributed by atoms with Crippen molar-refractivity contribution in [3.63, 3.8) is 0 Å². The van der Waals surface area contributed by atoms with Crippen molar-refractivity contribution in [1.29, 1.82) is 0 Å². The summed E-state index contributed by atoms with van der Waals surface area (Å²) in [6, 6.07) is 7.21. The van der Waals surface area contributed by atoms with E-state index in [2.05, 4.69) is 4.72 Å². The van der Waals surface area contributed by atoms with Gasteiger partial charge in [-0.2, -0.15) is 0 Å². The topological polar surface area (TPSA) is 92.7 Å². The number of carbonyl (C=O) groups is 1. The summed E-state index contributed by atoms with van der Waals surface area (Å²) in [4.78, 5) is 10.7. The van der Waals surface area contributed by atoms with E-state index in [1.165, 1.54) is 0 Å². The van der Waals surface area contributed by atoms with Gasteiger partial charge in [-0.25, -0.2) is 13.1 Å². The second kappa shape index (κ2) is 6.65. The summed E-state index contributed by atoms with van der Waals surface area (Å²) in [6.07, 6.45) is 0. The minimum absolute atomic E-state index is 0.0531. The van der Waals surface area contributed by atoms with Gasteiger partial charge in [0, 0.05) is 13.7 Å². The Morgan fingerprint density at radius 3 is 2.63 bits per heavy atom. The van der Waals surface area contributed by atoms with Gasteiger partial charge in [0.2, 0.25) is 10.0 Å². The van der Waals surface area contributed by atoms with Crippen molar-refractivity contribution in [2.75, 3.05) is 7.11 Å². The van der Waals surface area contributed by atoms with Crippen molar-refractivity contribution in [2.24, 2.45) is 0 Å². The van der Waals surface area contributed by atoms with E-state index in [9.17, 15) is 13.2 Å². The third-order valence-corrected chi connectivity index (χ3v) is 4.27. The number of carboxylic acids is 1. The molecule has 0 spiro atoms. The number of nitrogens with one attached hydrogen (secondary N) is 1. The van der Waals surface area contributed by atoms with Gasteiger partial charge in [-0.1, -0.05) is 24.3 Å². The fraction of sp³-hybridized carbons (Fsp3) is 0.417. The minimum Gasteiger partial charge on any atom is -0.480 e. The molecule has 0 heterocycles. The molecule has 0 bridgehead atoms. The summed E-state index contributed by atoms with van der Waals surface area (Å²) in [7, 11) is -2.29. The first-order valence-electron chi connectivity index (χ1n) is 5.65. The Morgan fingerprint density at radius 2 is 2.05 bits per heavy atom. The molecule has 0 aliphatic heterocycles. The number of ether oxygens (including phenoxy) is 1. The molecular weight excluding hydrogens is 270 g/mol. The maximum absolute atomic E-state index is 11.6. The van der Waals surface area contributed by atoms with Crippen LogP contribution in [0, 0.1) is 0 Å². The van der Waals surface area contributed by atoms with Crippen LogP contribution in [0.5, 0.6) is 0 Å². The van der Waals surface area contributed by atoms with Crippen LogP contribution in [0.2, 0.25) is 0 Å². The molecule has 1 aromatic rings. The Morgan fingerprint density at radius 1 is 1.42 bits per heavy atom. The van der Waals surface area contributed by atoms with Gasteiger partial charge in [0.15, 0.2) is 5.25 Å². The van der Waals surface area contributed by atoms with Crippen LogP contribution >= 0.6 is 0 Å². The van der Waals surface area contributed by atoms with E-state index in [4.69, 9.17) is 9.84 Å². The summed E-state index contributed by atoms with van der Waals surface area (Å²) >= 11 is 0. The highest BCUT2D eigenvalue weighted by atomic mass is 32.2. The van der Waals surface area contributed by atoms with E-state index >= 15 is 0 Å². The third-order valence-electron chi connectivity index (χ3n) is 2.59. The van der Waals surface area contributed by atoms with Crippen LogP contribution in [0.3, 0.4) is 0 Å². The van der Waals surface area contributed by atoms with Gasteiger partial charge in [-0.3, -0.25) is 4.79 Å². The number of aliphatic carboxylic acids is 1. The molecule has 1 atom stereocenters. The van der Waals surface area contributed by atoms with Crippen molar-refractivity contribution >= 4 is 16.0 Å². The van der Waals surface area contributed by atoms with E-state index in [0.717, 1.165) is 18.1 Å². The number of hydrogen-bond acceptors (Lipinski definition) is 4. The van der Waals surface area contributed by atoms with Crippen molar-refractivity contribution in [3.05, 3.63) is 35.4 Å². The summed E-state index contributed by atoms with van der Waals surface area (Å²) < 4.78 is 30.5. The Hall–Kier alpha value is -1.44. The van der Waals surface area contributed by atoms with Crippen molar-refractivity contribution < 1.29 is 23.1 Å². The van der Waals surface area contributed by atoms with Crippen LogP contribution in [0.25, 0.3) is 0 Å². The fourth-order valence-corrected chi connectivity index (χ4v) is 2.32. The Balaban J connectivity index is 2.71. The number of carboxylic acid groups (broad SMARTS) is 1. The smallest absolute Gasteiger partial charge is 0.323 e. The van der Waals surface area contributed by atoms with Gasteiger partial charge in [-0.15, -0.1) is 0 Å².